The number of fused-ring (bicyclic) bond motifs is 1. The Morgan fingerprint density at radius 3 is 2.44 bits per heavy atom. The molecule has 0 bridgehead atoms. The van der Waals surface area contributed by atoms with E-state index in [0.29, 0.717) is 40.1 Å². The molecule has 5 N–H and O–H groups in total. The maximum atomic E-state index is 12.7. The van der Waals surface area contributed by atoms with Crippen molar-refractivity contribution >= 4 is 22.9 Å². The number of nitroso groups, excluding NO2 is 1. The number of hydrogen-bond acceptors (Lipinski definition) is 10. The van der Waals surface area contributed by atoms with E-state index < -0.39 is 24.1 Å². The molecule has 2 aromatic heterocycles. The van der Waals surface area contributed by atoms with Gasteiger partial charge in [-0.1, -0.05) is 60.7 Å². The fourth-order valence-corrected chi connectivity index (χ4v) is 5.67. The fraction of sp³-hybridized carbons (Fsp3) is 0.154. The highest BCUT2D eigenvalue weighted by Crippen LogP contribution is 2.29. The molecule has 264 valence electrons. The highest BCUT2D eigenvalue weighted by atomic mass is 16.5. The number of aliphatic hydroxyl groups excluding tert-OH is 1. The second-order valence-electron chi connectivity index (χ2n) is 11.9. The molecule has 52 heavy (non-hydrogen) atoms. The Bertz CT molecular complexity index is 2230. The van der Waals surface area contributed by atoms with E-state index in [0.717, 1.165) is 16.7 Å². The van der Waals surface area contributed by atoms with Crippen molar-refractivity contribution in [2.45, 2.75) is 31.9 Å². The van der Waals surface area contributed by atoms with Crippen LogP contribution in [0.2, 0.25) is 0 Å². The molecule has 6 rings (SSSR count). The minimum atomic E-state index is -0.975. The first kappa shape index (κ1) is 35.3. The molecule has 0 saturated carbocycles. The van der Waals surface area contributed by atoms with E-state index in [9.17, 15) is 29.5 Å². The number of phenolic OH excluding ortho intramolecular Hbond substituents is 1. The average Bonchev–Trinajstić information content (AvgIpc) is 3.63. The zero-order valence-corrected chi connectivity index (χ0v) is 27.7. The van der Waals surface area contributed by atoms with Crippen LogP contribution in [0.25, 0.3) is 10.9 Å². The molecular weight excluding hydrogens is 668 g/mol. The van der Waals surface area contributed by atoms with Gasteiger partial charge in [-0.2, -0.15) is 0 Å². The number of nitrogens with one attached hydrogen (secondary N) is 3. The van der Waals surface area contributed by atoms with Crippen LogP contribution in [-0.2, 0) is 24.5 Å². The number of aromatic hydroxyl groups is 1. The molecular formula is C39H34N4O9. The van der Waals surface area contributed by atoms with Gasteiger partial charge in [-0.05, 0) is 64.7 Å². The first-order valence-electron chi connectivity index (χ1n) is 16.2. The molecule has 2 atom stereocenters. The number of hydrogen-bond donors (Lipinski definition) is 5. The Hall–Kier alpha value is -6.57. The quantitative estimate of drug-likeness (QED) is 0.0649. The van der Waals surface area contributed by atoms with Crippen LogP contribution < -0.4 is 20.9 Å². The molecule has 13 heteroatoms. The lowest BCUT2D eigenvalue weighted by Crippen LogP contribution is -2.26. The number of carbonyl (C=O) groups excluding carboxylic acids is 2. The minimum Gasteiger partial charge on any atom is -0.506 e. The third kappa shape index (κ3) is 8.77. The predicted octanol–water partition coefficient (Wildman–Crippen LogP) is 6.15. The summed E-state index contributed by atoms with van der Waals surface area (Å²) in [5.41, 5.74) is 3.89. The van der Waals surface area contributed by atoms with Crippen LogP contribution in [0.5, 0.6) is 11.5 Å². The topological polar surface area (TPSA) is 193 Å². The maximum absolute atomic E-state index is 12.7. The summed E-state index contributed by atoms with van der Waals surface area (Å²) >= 11 is 0. The standard InChI is InChI=1S/C39H34N4O9/c44-33-15-13-31(32-14-16-35(46)41-37(32)33)34(45)20-40-19-25-17-30(51-22-25)23-52-38(47)27-11-9-24(10-12-27)21-50-29-8-4-7-28(18-29)36(42-39(48)43-49)26-5-2-1-3-6-26/h1-18,22,34,36,40,44-45H,19-21,23H2,(H,41,46)(H,42,48). The Labute approximate surface area is 296 Å². The van der Waals surface area contributed by atoms with Gasteiger partial charge in [0, 0.05) is 35.3 Å². The lowest BCUT2D eigenvalue weighted by atomic mass is 9.98. The number of rotatable bonds is 14. The lowest BCUT2D eigenvalue weighted by molar-refractivity contribution is 0.0445. The average molecular weight is 703 g/mol. The second kappa shape index (κ2) is 16.4. The van der Waals surface area contributed by atoms with E-state index >= 15 is 0 Å². The molecule has 2 heterocycles. The Kier molecular flexibility index (Phi) is 11.1. The highest BCUT2D eigenvalue weighted by molar-refractivity contribution is 5.89. The van der Waals surface area contributed by atoms with Crippen molar-refractivity contribution in [2.75, 3.05) is 6.54 Å². The normalized spacial score (nSPS) is 12.2. The summed E-state index contributed by atoms with van der Waals surface area (Å²) in [7, 11) is 0. The number of pyridine rings is 1. The number of amides is 2. The number of carbonyl (C=O) groups is 2. The van der Waals surface area contributed by atoms with Crippen LogP contribution in [0, 0.1) is 4.91 Å². The highest BCUT2D eigenvalue weighted by Gasteiger charge is 2.18. The van der Waals surface area contributed by atoms with Crippen LogP contribution in [-0.4, -0.2) is 33.7 Å². The van der Waals surface area contributed by atoms with Gasteiger partial charge in [0.1, 0.15) is 30.5 Å². The van der Waals surface area contributed by atoms with Gasteiger partial charge in [-0.3, -0.25) is 4.79 Å². The predicted molar refractivity (Wildman–Crippen MR) is 191 cm³/mol. The van der Waals surface area contributed by atoms with Crippen LogP contribution in [0.4, 0.5) is 4.79 Å². The van der Waals surface area contributed by atoms with Crippen molar-refractivity contribution in [1.29, 1.82) is 0 Å². The minimum absolute atomic E-state index is 0.0757. The summed E-state index contributed by atoms with van der Waals surface area (Å²) in [6, 6.07) is 29.3. The lowest BCUT2D eigenvalue weighted by Gasteiger charge is -2.19. The van der Waals surface area contributed by atoms with Crippen molar-refractivity contribution in [2.24, 2.45) is 5.18 Å². The molecule has 13 nitrogen and oxygen atoms in total. The number of urea groups is 1. The number of phenols is 1. The number of aliphatic hydroxyl groups is 1. The maximum Gasteiger partial charge on any atom is 0.379 e. The van der Waals surface area contributed by atoms with Gasteiger partial charge in [-0.25, -0.2) is 9.59 Å². The van der Waals surface area contributed by atoms with Gasteiger partial charge in [0.15, 0.2) is 0 Å². The number of aromatic amines is 1. The van der Waals surface area contributed by atoms with Gasteiger partial charge < -0.3 is 39.7 Å². The molecule has 0 saturated heterocycles. The second-order valence-corrected chi connectivity index (χ2v) is 11.9. The number of esters is 1. The fourth-order valence-electron chi connectivity index (χ4n) is 5.67. The van der Waals surface area contributed by atoms with E-state index in [1.807, 2.05) is 36.4 Å². The molecule has 6 aromatic rings. The van der Waals surface area contributed by atoms with Crippen LogP contribution >= 0.6 is 0 Å². The first-order valence-corrected chi connectivity index (χ1v) is 16.2. The van der Waals surface area contributed by atoms with Crippen LogP contribution in [0.3, 0.4) is 0 Å². The van der Waals surface area contributed by atoms with Gasteiger partial charge >= 0.3 is 12.0 Å². The molecule has 0 fully saturated rings. The Balaban J connectivity index is 0.971. The molecule has 4 aromatic carbocycles. The summed E-state index contributed by atoms with van der Waals surface area (Å²) in [5, 5.41) is 29.6. The van der Waals surface area contributed by atoms with Gasteiger partial charge in [0.05, 0.1) is 29.5 Å². The smallest absolute Gasteiger partial charge is 0.379 e. The monoisotopic (exact) mass is 702 g/mol. The van der Waals surface area contributed by atoms with E-state index in [1.54, 1.807) is 60.7 Å². The zero-order valence-electron chi connectivity index (χ0n) is 27.7. The van der Waals surface area contributed by atoms with E-state index in [2.05, 4.69) is 20.8 Å². The van der Waals surface area contributed by atoms with Gasteiger partial charge in [0.25, 0.3) is 0 Å². The van der Waals surface area contributed by atoms with Crippen molar-refractivity contribution in [3.63, 3.8) is 0 Å². The SMILES string of the molecule is O=NC(=O)NC(c1ccccc1)c1cccc(OCc2ccc(C(=O)OCc3cc(CNCC(O)c4ccc(O)c5[nH]c(=O)ccc45)co3)cc2)c1. The first-order chi connectivity index (χ1) is 25.3. The van der Waals surface area contributed by atoms with E-state index in [4.69, 9.17) is 13.9 Å². The number of ether oxygens (including phenoxy) is 2. The summed E-state index contributed by atoms with van der Waals surface area (Å²) in [6.45, 7) is 0.699. The largest absolute Gasteiger partial charge is 0.506 e. The number of aromatic nitrogens is 1. The number of benzene rings is 4. The number of furan rings is 1. The van der Waals surface area contributed by atoms with Crippen LogP contribution in [0.15, 0.2) is 130 Å². The van der Waals surface area contributed by atoms with E-state index in [-0.39, 0.29) is 36.6 Å². The number of H-pyrrole nitrogens is 1. The van der Waals surface area contributed by atoms with Crippen molar-refractivity contribution in [3.8, 4) is 11.5 Å². The summed E-state index contributed by atoms with van der Waals surface area (Å²) < 4.78 is 17.0. The van der Waals surface area contributed by atoms with Gasteiger partial charge in [-0.15, -0.1) is 4.91 Å². The van der Waals surface area contributed by atoms with E-state index in [1.165, 1.54) is 18.4 Å². The third-order valence-corrected chi connectivity index (χ3v) is 8.26. The van der Waals surface area contributed by atoms with Crippen molar-refractivity contribution < 1.29 is 33.7 Å². The summed E-state index contributed by atoms with van der Waals surface area (Å²) in [5.74, 6) is 0.386. The van der Waals surface area contributed by atoms with Crippen molar-refractivity contribution in [1.82, 2.24) is 15.6 Å². The van der Waals surface area contributed by atoms with Crippen LogP contribution in [0.1, 0.15) is 56.1 Å². The summed E-state index contributed by atoms with van der Waals surface area (Å²) in [4.78, 5) is 49.6. The molecule has 0 aliphatic heterocycles. The van der Waals surface area contributed by atoms with Crippen molar-refractivity contribution in [3.05, 3.63) is 170 Å². The molecule has 2 unspecified atom stereocenters. The molecule has 0 aliphatic rings. The molecule has 2 amide bonds. The Morgan fingerprint density at radius 2 is 1.65 bits per heavy atom. The summed E-state index contributed by atoms with van der Waals surface area (Å²) in [6.07, 6.45) is 0.625. The third-order valence-electron chi connectivity index (χ3n) is 8.26. The molecule has 0 radical (unpaired) electrons. The van der Waals surface area contributed by atoms with Gasteiger partial charge in [0.2, 0.25) is 5.56 Å². The molecule has 0 aliphatic carbocycles. The number of nitrogens with zero attached hydrogens (tertiary/aromatic N) is 1. The molecule has 0 spiro atoms. The Morgan fingerprint density at radius 1 is 0.865 bits per heavy atom. The zero-order chi connectivity index (χ0) is 36.5.